The Morgan fingerprint density at radius 2 is 2.39 bits per heavy atom. The van der Waals surface area contributed by atoms with Crippen LogP contribution in [0.1, 0.15) is 12.6 Å². The fraction of sp³-hybridized carbons (Fsp3) is 0.545. The second-order valence-corrected chi connectivity index (χ2v) is 4.56. The number of carbonyl (C=O) groups excluding carboxylic acids is 1. The molecule has 2 amide bonds. The molecule has 0 radical (unpaired) electrons. The summed E-state index contributed by atoms with van der Waals surface area (Å²) in [4.78, 5) is 31.1. The monoisotopic (exact) mass is 252 g/mol. The first-order valence-corrected chi connectivity index (χ1v) is 5.80. The molecule has 0 aromatic carbocycles. The lowest BCUT2D eigenvalue weighted by atomic mass is 9.99. The van der Waals surface area contributed by atoms with Crippen molar-refractivity contribution in [3.8, 4) is 0 Å². The minimum absolute atomic E-state index is 0.0135. The molecule has 1 saturated heterocycles. The standard InChI is InChI=1S/C11H16N4O3/c1-7-4-15(5-9(7)10(16)17)11(18)13-3-8-2-12-6-14-8/h2,6-7,9H,3-5H2,1H3,(H,12,14)(H,13,18)(H,16,17)/t7-,9-/m1/s1. The molecule has 2 atom stereocenters. The van der Waals surface area contributed by atoms with Gasteiger partial charge in [-0.3, -0.25) is 4.79 Å². The molecular formula is C11H16N4O3. The molecule has 0 spiro atoms. The largest absolute Gasteiger partial charge is 0.481 e. The number of likely N-dealkylation sites (tertiary alicyclic amines) is 1. The van der Waals surface area contributed by atoms with Crippen LogP contribution in [0.5, 0.6) is 0 Å². The van der Waals surface area contributed by atoms with Gasteiger partial charge in [0.05, 0.1) is 24.5 Å². The number of rotatable bonds is 3. The number of imidazole rings is 1. The number of hydrogen-bond acceptors (Lipinski definition) is 3. The molecule has 1 aliphatic rings. The van der Waals surface area contributed by atoms with Gasteiger partial charge < -0.3 is 20.3 Å². The van der Waals surface area contributed by atoms with Crippen molar-refractivity contribution >= 4 is 12.0 Å². The highest BCUT2D eigenvalue weighted by Crippen LogP contribution is 2.22. The van der Waals surface area contributed by atoms with Gasteiger partial charge >= 0.3 is 12.0 Å². The van der Waals surface area contributed by atoms with E-state index in [-0.39, 0.29) is 18.5 Å². The number of hydrogen-bond donors (Lipinski definition) is 3. The number of carboxylic acids is 1. The summed E-state index contributed by atoms with van der Waals surface area (Å²) in [5.74, 6) is -1.32. The maximum atomic E-state index is 11.8. The highest BCUT2D eigenvalue weighted by atomic mass is 16.4. The highest BCUT2D eigenvalue weighted by molar-refractivity contribution is 5.77. The Morgan fingerprint density at radius 1 is 1.61 bits per heavy atom. The number of aromatic amines is 1. The van der Waals surface area contributed by atoms with Gasteiger partial charge in [0.2, 0.25) is 0 Å². The van der Waals surface area contributed by atoms with Crippen molar-refractivity contribution in [2.75, 3.05) is 13.1 Å². The number of H-pyrrole nitrogens is 1. The van der Waals surface area contributed by atoms with Crippen LogP contribution in [0.4, 0.5) is 4.79 Å². The van der Waals surface area contributed by atoms with E-state index >= 15 is 0 Å². The molecule has 1 aromatic heterocycles. The molecule has 18 heavy (non-hydrogen) atoms. The predicted octanol–water partition coefficient (Wildman–Crippen LogP) is 0.272. The summed E-state index contributed by atoms with van der Waals surface area (Å²) in [6.07, 6.45) is 3.17. The van der Waals surface area contributed by atoms with Gasteiger partial charge in [-0.1, -0.05) is 6.92 Å². The predicted molar refractivity (Wildman–Crippen MR) is 62.7 cm³/mol. The molecule has 0 saturated carbocycles. The van der Waals surface area contributed by atoms with Gasteiger partial charge in [0.25, 0.3) is 0 Å². The zero-order valence-corrected chi connectivity index (χ0v) is 10.1. The first kappa shape index (κ1) is 12.4. The van der Waals surface area contributed by atoms with Gasteiger partial charge in [0, 0.05) is 19.3 Å². The molecule has 1 aromatic rings. The van der Waals surface area contributed by atoms with Crippen molar-refractivity contribution in [3.05, 3.63) is 18.2 Å². The third kappa shape index (κ3) is 2.61. The molecule has 1 aliphatic heterocycles. The van der Waals surface area contributed by atoms with Crippen LogP contribution in [0.3, 0.4) is 0 Å². The smallest absolute Gasteiger partial charge is 0.317 e. The van der Waals surface area contributed by atoms with E-state index in [4.69, 9.17) is 5.11 Å². The molecular weight excluding hydrogens is 236 g/mol. The van der Waals surface area contributed by atoms with E-state index in [1.165, 1.54) is 0 Å². The third-order valence-corrected chi connectivity index (χ3v) is 3.20. The van der Waals surface area contributed by atoms with Crippen molar-refractivity contribution in [1.29, 1.82) is 0 Å². The number of aromatic nitrogens is 2. The van der Waals surface area contributed by atoms with E-state index < -0.39 is 11.9 Å². The Balaban J connectivity index is 1.85. The molecule has 2 heterocycles. The zero-order valence-electron chi connectivity index (χ0n) is 10.1. The SMILES string of the molecule is C[C@@H]1CN(C(=O)NCc2cnc[nH]2)C[C@H]1C(=O)O. The van der Waals surface area contributed by atoms with Gasteiger partial charge in [0.15, 0.2) is 0 Å². The Labute approximate surface area is 104 Å². The maximum absolute atomic E-state index is 11.8. The van der Waals surface area contributed by atoms with E-state index in [1.807, 2.05) is 6.92 Å². The van der Waals surface area contributed by atoms with Crippen LogP contribution < -0.4 is 5.32 Å². The summed E-state index contributed by atoms with van der Waals surface area (Å²) in [6.45, 7) is 2.96. The molecule has 0 bridgehead atoms. The summed E-state index contributed by atoms with van der Waals surface area (Å²) in [7, 11) is 0. The van der Waals surface area contributed by atoms with Gasteiger partial charge in [-0.15, -0.1) is 0 Å². The number of aliphatic carboxylic acids is 1. The van der Waals surface area contributed by atoms with Crippen molar-refractivity contribution < 1.29 is 14.7 Å². The average Bonchev–Trinajstić information content (AvgIpc) is 2.94. The van der Waals surface area contributed by atoms with Crippen molar-refractivity contribution in [3.63, 3.8) is 0 Å². The van der Waals surface area contributed by atoms with Crippen LogP contribution in [-0.4, -0.2) is 45.1 Å². The van der Waals surface area contributed by atoms with Crippen molar-refractivity contribution in [1.82, 2.24) is 20.2 Å². The third-order valence-electron chi connectivity index (χ3n) is 3.20. The van der Waals surface area contributed by atoms with Crippen LogP contribution in [0.15, 0.2) is 12.5 Å². The zero-order chi connectivity index (χ0) is 13.1. The number of amides is 2. The van der Waals surface area contributed by atoms with E-state index in [1.54, 1.807) is 17.4 Å². The van der Waals surface area contributed by atoms with Crippen LogP contribution in [0, 0.1) is 11.8 Å². The fourth-order valence-corrected chi connectivity index (χ4v) is 2.12. The quantitative estimate of drug-likeness (QED) is 0.719. The second kappa shape index (κ2) is 5.07. The van der Waals surface area contributed by atoms with Crippen LogP contribution in [0.2, 0.25) is 0 Å². The molecule has 7 nitrogen and oxygen atoms in total. The van der Waals surface area contributed by atoms with Gasteiger partial charge in [-0.25, -0.2) is 9.78 Å². The first-order chi connectivity index (χ1) is 8.58. The molecule has 0 unspecified atom stereocenters. The number of nitrogens with one attached hydrogen (secondary N) is 2. The normalized spacial score (nSPS) is 23.1. The topological polar surface area (TPSA) is 98.3 Å². The van der Waals surface area contributed by atoms with E-state index in [0.29, 0.717) is 13.1 Å². The first-order valence-electron chi connectivity index (χ1n) is 5.80. The minimum atomic E-state index is -0.841. The lowest BCUT2D eigenvalue weighted by molar-refractivity contribution is -0.142. The molecule has 98 valence electrons. The van der Waals surface area contributed by atoms with Crippen molar-refractivity contribution in [2.24, 2.45) is 11.8 Å². The number of urea groups is 1. The summed E-state index contributed by atoms with van der Waals surface area (Å²) in [5.41, 5.74) is 0.811. The van der Waals surface area contributed by atoms with Crippen LogP contribution in [0.25, 0.3) is 0 Å². The number of carboxylic acid groups (broad SMARTS) is 1. The summed E-state index contributed by atoms with van der Waals surface area (Å²) in [5, 5.41) is 11.7. The van der Waals surface area contributed by atoms with Crippen LogP contribution in [-0.2, 0) is 11.3 Å². The highest BCUT2D eigenvalue weighted by Gasteiger charge is 2.36. The van der Waals surface area contributed by atoms with E-state index in [2.05, 4.69) is 15.3 Å². The lowest BCUT2D eigenvalue weighted by Crippen LogP contribution is -2.38. The van der Waals surface area contributed by atoms with E-state index in [0.717, 1.165) is 5.69 Å². The number of nitrogens with zero attached hydrogens (tertiary/aromatic N) is 2. The van der Waals surface area contributed by atoms with Gasteiger partial charge in [0.1, 0.15) is 0 Å². The van der Waals surface area contributed by atoms with Gasteiger partial charge in [-0.2, -0.15) is 0 Å². The Morgan fingerprint density at radius 3 is 2.94 bits per heavy atom. The molecule has 3 N–H and O–H groups in total. The van der Waals surface area contributed by atoms with Crippen molar-refractivity contribution in [2.45, 2.75) is 13.5 Å². The summed E-state index contributed by atoms with van der Waals surface area (Å²) in [6, 6.07) is -0.236. The molecule has 2 rings (SSSR count). The second-order valence-electron chi connectivity index (χ2n) is 4.56. The fourth-order valence-electron chi connectivity index (χ4n) is 2.12. The summed E-state index contributed by atoms with van der Waals surface area (Å²) >= 11 is 0. The lowest BCUT2D eigenvalue weighted by Gasteiger charge is -2.16. The Hall–Kier alpha value is -2.05. The molecule has 7 heteroatoms. The van der Waals surface area contributed by atoms with E-state index in [9.17, 15) is 9.59 Å². The minimum Gasteiger partial charge on any atom is -0.481 e. The Kier molecular flexibility index (Phi) is 3.50. The molecule has 1 fully saturated rings. The summed E-state index contributed by atoms with van der Waals surface area (Å²) < 4.78 is 0. The maximum Gasteiger partial charge on any atom is 0.317 e. The average molecular weight is 252 g/mol. The number of carbonyl (C=O) groups is 2. The Bertz CT molecular complexity index is 432. The molecule has 0 aliphatic carbocycles. The van der Waals surface area contributed by atoms with Crippen LogP contribution >= 0.6 is 0 Å². The van der Waals surface area contributed by atoms with Gasteiger partial charge in [-0.05, 0) is 5.92 Å².